The third-order valence-corrected chi connectivity index (χ3v) is 6.96. The van der Waals surface area contributed by atoms with Gasteiger partial charge in [0.05, 0.1) is 4.34 Å². The Morgan fingerprint density at radius 3 is 2.71 bits per heavy atom. The van der Waals surface area contributed by atoms with Crippen LogP contribution in [0.25, 0.3) is 11.1 Å². The molecule has 24 heavy (non-hydrogen) atoms. The van der Waals surface area contributed by atoms with Gasteiger partial charge in [-0.1, -0.05) is 24.2 Å². The highest BCUT2D eigenvalue weighted by Crippen LogP contribution is 2.44. The smallest absolute Gasteiger partial charge is 0.0934 e. The number of thiophene rings is 2. The molecule has 0 saturated carbocycles. The molecular formula is C19H20ClNOS2. The fourth-order valence-corrected chi connectivity index (χ4v) is 5.41. The Labute approximate surface area is 156 Å². The Balaban J connectivity index is 1.63. The minimum Gasteiger partial charge on any atom is -0.381 e. The first-order valence-corrected chi connectivity index (χ1v) is 10.3. The average Bonchev–Trinajstić information content (AvgIpc) is 3.30. The summed E-state index contributed by atoms with van der Waals surface area (Å²) >= 11 is 9.63. The summed E-state index contributed by atoms with van der Waals surface area (Å²) in [6.45, 7) is 8.22. The molecule has 1 fully saturated rings. The molecule has 0 radical (unpaired) electrons. The molecule has 0 N–H and O–H groups in total. The fraction of sp³-hybridized carbons (Fsp3) is 0.368. The zero-order valence-corrected chi connectivity index (χ0v) is 15.9. The topological polar surface area (TPSA) is 12.5 Å². The maximum absolute atomic E-state index is 6.19. The highest BCUT2D eigenvalue weighted by atomic mass is 35.5. The van der Waals surface area contributed by atoms with E-state index in [1.165, 1.54) is 20.9 Å². The lowest BCUT2D eigenvalue weighted by Gasteiger charge is -2.29. The predicted molar refractivity (Wildman–Crippen MR) is 105 cm³/mol. The average molecular weight is 378 g/mol. The molecule has 5 heteroatoms. The van der Waals surface area contributed by atoms with Gasteiger partial charge in [0.15, 0.2) is 0 Å². The van der Waals surface area contributed by atoms with E-state index in [9.17, 15) is 0 Å². The molecular weight excluding hydrogens is 358 g/mol. The van der Waals surface area contributed by atoms with Crippen LogP contribution in [0.2, 0.25) is 4.34 Å². The van der Waals surface area contributed by atoms with E-state index in [1.807, 2.05) is 6.07 Å². The van der Waals surface area contributed by atoms with Crippen LogP contribution in [0.3, 0.4) is 0 Å². The summed E-state index contributed by atoms with van der Waals surface area (Å²) in [6.07, 6.45) is 2.30. The molecule has 0 unspecified atom stereocenters. The van der Waals surface area contributed by atoms with Crippen LogP contribution >= 0.6 is 34.3 Å². The van der Waals surface area contributed by atoms with Gasteiger partial charge in [0.1, 0.15) is 0 Å². The number of rotatable bonds is 4. The Morgan fingerprint density at radius 2 is 2.04 bits per heavy atom. The summed E-state index contributed by atoms with van der Waals surface area (Å²) in [5.41, 5.74) is 3.82. The van der Waals surface area contributed by atoms with E-state index in [0.29, 0.717) is 5.92 Å². The molecule has 0 spiro atoms. The summed E-state index contributed by atoms with van der Waals surface area (Å²) < 4.78 is 6.35. The fourth-order valence-electron chi connectivity index (χ4n) is 3.50. The van der Waals surface area contributed by atoms with Crippen molar-refractivity contribution >= 4 is 45.4 Å². The maximum Gasteiger partial charge on any atom is 0.0934 e. The van der Waals surface area contributed by atoms with Gasteiger partial charge in [-0.05, 0) is 47.9 Å². The minimum absolute atomic E-state index is 0.700. The van der Waals surface area contributed by atoms with Crippen molar-refractivity contribution in [3.63, 3.8) is 0 Å². The maximum atomic E-state index is 6.19. The molecule has 0 atom stereocenters. The zero-order chi connectivity index (χ0) is 16.5. The van der Waals surface area contributed by atoms with Crippen molar-refractivity contribution in [3.8, 4) is 0 Å². The van der Waals surface area contributed by atoms with Crippen LogP contribution < -0.4 is 0 Å². The molecule has 2 aliphatic heterocycles. The van der Waals surface area contributed by atoms with Crippen LogP contribution in [0.4, 0.5) is 0 Å². The van der Waals surface area contributed by atoms with Gasteiger partial charge in [0.2, 0.25) is 0 Å². The van der Waals surface area contributed by atoms with Crippen molar-refractivity contribution in [3.05, 3.63) is 56.0 Å². The number of ether oxygens (including phenoxy) is 1. The van der Waals surface area contributed by atoms with Gasteiger partial charge in [0, 0.05) is 47.3 Å². The molecule has 0 bridgehead atoms. The number of halogens is 1. The van der Waals surface area contributed by atoms with Crippen LogP contribution in [0.15, 0.2) is 41.9 Å². The number of nitrogens with zero attached hydrogens (tertiary/aromatic N) is 1. The standard InChI is InChI=1S/C19H20ClNOS2/c1-13-19(17-3-2-10-23-17)15(16-4-5-18(20)24-16)12-21(13)11-14-6-8-22-9-7-14/h2-5,10,14H,1,6-9,11-12H2. The summed E-state index contributed by atoms with van der Waals surface area (Å²) in [4.78, 5) is 5.02. The van der Waals surface area contributed by atoms with Gasteiger partial charge in [-0.15, -0.1) is 22.7 Å². The summed E-state index contributed by atoms with van der Waals surface area (Å²) in [5, 5.41) is 2.13. The molecule has 1 saturated heterocycles. The second-order valence-corrected chi connectivity index (χ2v) is 8.98. The third-order valence-electron chi connectivity index (χ3n) is 4.78. The van der Waals surface area contributed by atoms with E-state index in [2.05, 4.69) is 35.1 Å². The van der Waals surface area contributed by atoms with E-state index < -0.39 is 0 Å². The SMILES string of the molecule is C=C1C(c2cccs2)=C(c2ccc(Cl)s2)CN1CC1CCOCC1. The molecule has 126 valence electrons. The first kappa shape index (κ1) is 16.4. The van der Waals surface area contributed by atoms with Crippen molar-refractivity contribution in [2.24, 2.45) is 5.92 Å². The largest absolute Gasteiger partial charge is 0.381 e. The zero-order valence-electron chi connectivity index (χ0n) is 13.5. The molecule has 4 heterocycles. The van der Waals surface area contributed by atoms with Crippen LogP contribution in [-0.2, 0) is 4.74 Å². The van der Waals surface area contributed by atoms with Crippen LogP contribution in [0, 0.1) is 5.92 Å². The first-order valence-electron chi connectivity index (χ1n) is 8.27. The minimum atomic E-state index is 0.700. The van der Waals surface area contributed by atoms with E-state index in [0.717, 1.165) is 49.2 Å². The van der Waals surface area contributed by atoms with Crippen LogP contribution in [0.1, 0.15) is 22.6 Å². The molecule has 4 rings (SSSR count). The summed E-state index contributed by atoms with van der Waals surface area (Å²) in [5.74, 6) is 0.700. The molecule has 2 nitrogen and oxygen atoms in total. The van der Waals surface area contributed by atoms with Gasteiger partial charge >= 0.3 is 0 Å². The lowest BCUT2D eigenvalue weighted by atomic mass is 9.99. The normalized spacial score (nSPS) is 19.5. The summed E-state index contributed by atoms with van der Waals surface area (Å²) in [7, 11) is 0. The number of allylic oxidation sites excluding steroid dienone is 1. The highest BCUT2D eigenvalue weighted by molar-refractivity contribution is 7.17. The van der Waals surface area contributed by atoms with Crippen molar-refractivity contribution in [2.75, 3.05) is 26.3 Å². The Morgan fingerprint density at radius 1 is 1.21 bits per heavy atom. The Bertz CT molecular complexity index is 756. The lowest BCUT2D eigenvalue weighted by Crippen LogP contribution is -2.30. The molecule has 2 aliphatic rings. The monoisotopic (exact) mass is 377 g/mol. The number of hydrogen-bond donors (Lipinski definition) is 0. The van der Waals surface area contributed by atoms with Gasteiger partial charge in [-0.2, -0.15) is 0 Å². The van der Waals surface area contributed by atoms with E-state index >= 15 is 0 Å². The van der Waals surface area contributed by atoms with Gasteiger partial charge in [0.25, 0.3) is 0 Å². The third kappa shape index (κ3) is 3.21. The first-order chi connectivity index (χ1) is 11.7. The van der Waals surface area contributed by atoms with Gasteiger partial charge in [-0.25, -0.2) is 0 Å². The Kier molecular flexibility index (Phi) is 4.81. The van der Waals surface area contributed by atoms with E-state index in [1.54, 1.807) is 22.7 Å². The second-order valence-electron chi connectivity index (χ2n) is 6.32. The molecule has 0 aromatic carbocycles. The molecule has 2 aromatic heterocycles. The van der Waals surface area contributed by atoms with E-state index in [4.69, 9.17) is 16.3 Å². The quantitative estimate of drug-likeness (QED) is 0.684. The molecule has 0 amide bonds. The molecule has 2 aromatic rings. The van der Waals surface area contributed by atoms with Gasteiger partial charge < -0.3 is 9.64 Å². The summed E-state index contributed by atoms with van der Waals surface area (Å²) in [6, 6.07) is 8.43. The van der Waals surface area contributed by atoms with Crippen LogP contribution in [-0.4, -0.2) is 31.2 Å². The van der Waals surface area contributed by atoms with Crippen molar-refractivity contribution in [1.29, 1.82) is 0 Å². The molecule has 0 aliphatic carbocycles. The van der Waals surface area contributed by atoms with Gasteiger partial charge in [-0.3, -0.25) is 0 Å². The Hall–Kier alpha value is -1.07. The number of hydrogen-bond acceptors (Lipinski definition) is 4. The lowest BCUT2D eigenvalue weighted by molar-refractivity contribution is 0.0586. The second kappa shape index (κ2) is 7.04. The van der Waals surface area contributed by atoms with Crippen molar-refractivity contribution < 1.29 is 4.74 Å². The highest BCUT2D eigenvalue weighted by Gasteiger charge is 2.30. The van der Waals surface area contributed by atoms with Crippen LogP contribution in [0.5, 0.6) is 0 Å². The predicted octanol–water partition coefficient (Wildman–Crippen LogP) is 5.63. The van der Waals surface area contributed by atoms with E-state index in [-0.39, 0.29) is 0 Å². The van der Waals surface area contributed by atoms with Crippen molar-refractivity contribution in [2.45, 2.75) is 12.8 Å². The van der Waals surface area contributed by atoms with Crippen molar-refractivity contribution in [1.82, 2.24) is 4.90 Å².